The van der Waals surface area contributed by atoms with Gasteiger partial charge in [0.1, 0.15) is 0 Å². The molecule has 0 radical (unpaired) electrons. The number of carbonyl (C=O) groups excluding carboxylic acids is 2. The number of carbonyl (C=O) groups is 2. The summed E-state index contributed by atoms with van der Waals surface area (Å²) in [5, 5.41) is 6.44. The molecule has 0 unspecified atom stereocenters. The number of hydrogen-bond acceptors (Lipinski definition) is 3. The van der Waals surface area contributed by atoms with Crippen LogP contribution in [0.15, 0.2) is 18.2 Å². The van der Waals surface area contributed by atoms with Gasteiger partial charge in [-0.05, 0) is 131 Å². The molecule has 0 aromatic heterocycles. The minimum absolute atomic E-state index is 0.172. The van der Waals surface area contributed by atoms with Crippen LogP contribution in [0.4, 0.5) is 17.1 Å². The van der Waals surface area contributed by atoms with Crippen molar-refractivity contribution in [3.63, 3.8) is 0 Å². The molecule has 8 fully saturated rings. The first-order valence-electron chi connectivity index (χ1n) is 13.4. The Kier molecular flexibility index (Phi) is 4.31. The van der Waals surface area contributed by atoms with Crippen LogP contribution in [0.5, 0.6) is 0 Å². The summed E-state index contributed by atoms with van der Waals surface area (Å²) < 4.78 is 0. The third-order valence-electron chi connectivity index (χ3n) is 10.5. The predicted molar refractivity (Wildman–Crippen MR) is 129 cm³/mol. The highest BCUT2D eigenvalue weighted by molar-refractivity contribution is 5.99. The normalized spacial score (nSPS) is 44.1. The zero-order valence-electron chi connectivity index (χ0n) is 19.6. The lowest BCUT2D eigenvalue weighted by Gasteiger charge is -2.55. The number of amides is 2. The zero-order chi connectivity index (χ0) is 22.4. The molecule has 1 aromatic rings. The van der Waals surface area contributed by atoms with E-state index >= 15 is 0 Å². The first-order valence-corrected chi connectivity index (χ1v) is 13.4. The number of hydrogen-bond donors (Lipinski definition) is 3. The summed E-state index contributed by atoms with van der Waals surface area (Å²) in [6.07, 6.45) is 14.2. The lowest BCUT2D eigenvalue weighted by Crippen LogP contribution is -2.52. The summed E-state index contributed by atoms with van der Waals surface area (Å²) >= 11 is 0. The molecule has 1 aromatic carbocycles. The molecule has 8 bridgehead atoms. The molecule has 8 aliphatic rings. The van der Waals surface area contributed by atoms with Crippen molar-refractivity contribution in [3.05, 3.63) is 18.2 Å². The Morgan fingerprint density at radius 3 is 1.21 bits per heavy atom. The van der Waals surface area contributed by atoms with E-state index in [1.165, 1.54) is 38.5 Å². The van der Waals surface area contributed by atoms with Gasteiger partial charge in [-0.15, -0.1) is 0 Å². The predicted octanol–water partition coefficient (Wildman–Crippen LogP) is 5.58. The van der Waals surface area contributed by atoms with Crippen LogP contribution >= 0.6 is 0 Å². The molecule has 4 N–H and O–H groups in total. The van der Waals surface area contributed by atoms with Crippen LogP contribution in [-0.2, 0) is 9.59 Å². The van der Waals surface area contributed by atoms with Crippen LogP contribution in [0, 0.1) is 46.3 Å². The fourth-order valence-corrected chi connectivity index (χ4v) is 10.1. The molecule has 0 aliphatic heterocycles. The minimum Gasteiger partial charge on any atom is -0.399 e. The van der Waals surface area contributed by atoms with Gasteiger partial charge in [-0.1, -0.05) is 0 Å². The van der Waals surface area contributed by atoms with Crippen molar-refractivity contribution in [2.75, 3.05) is 16.4 Å². The summed E-state index contributed by atoms with van der Waals surface area (Å²) in [4.78, 5) is 27.0. The average molecular weight is 448 g/mol. The molecule has 0 spiro atoms. The lowest BCUT2D eigenvalue weighted by atomic mass is 9.49. The van der Waals surface area contributed by atoms with E-state index in [0.29, 0.717) is 5.69 Å². The second kappa shape index (κ2) is 6.99. The molecule has 176 valence electrons. The molecular weight excluding hydrogens is 410 g/mol. The number of nitrogen functional groups attached to an aromatic ring is 1. The lowest BCUT2D eigenvalue weighted by molar-refractivity contribution is -0.140. The molecule has 5 heteroatoms. The van der Waals surface area contributed by atoms with E-state index in [4.69, 9.17) is 5.73 Å². The van der Waals surface area contributed by atoms with Gasteiger partial charge in [-0.2, -0.15) is 0 Å². The van der Waals surface area contributed by atoms with E-state index in [9.17, 15) is 9.59 Å². The Balaban J connectivity index is 1.09. The minimum atomic E-state index is -0.192. The van der Waals surface area contributed by atoms with Gasteiger partial charge in [-0.25, -0.2) is 0 Å². The first kappa shape index (κ1) is 20.3. The Bertz CT molecular complexity index is 868. The van der Waals surface area contributed by atoms with E-state index in [2.05, 4.69) is 10.6 Å². The molecule has 0 saturated heterocycles. The van der Waals surface area contributed by atoms with Gasteiger partial charge in [-0.3, -0.25) is 9.59 Å². The highest BCUT2D eigenvalue weighted by Gasteiger charge is 2.55. The topological polar surface area (TPSA) is 84.2 Å². The van der Waals surface area contributed by atoms with E-state index in [1.54, 1.807) is 0 Å². The van der Waals surface area contributed by atoms with E-state index in [1.807, 2.05) is 18.2 Å². The van der Waals surface area contributed by atoms with Gasteiger partial charge in [0.05, 0.1) is 10.8 Å². The highest BCUT2D eigenvalue weighted by Crippen LogP contribution is 2.61. The van der Waals surface area contributed by atoms with Crippen molar-refractivity contribution in [3.8, 4) is 0 Å². The fraction of sp³-hybridized carbons (Fsp3) is 0.714. The maximum absolute atomic E-state index is 13.5. The molecule has 0 atom stereocenters. The summed E-state index contributed by atoms with van der Waals surface area (Å²) in [6.45, 7) is 0. The van der Waals surface area contributed by atoms with Crippen molar-refractivity contribution >= 4 is 28.9 Å². The quantitative estimate of drug-likeness (QED) is 0.527. The monoisotopic (exact) mass is 447 g/mol. The van der Waals surface area contributed by atoms with Gasteiger partial charge in [0, 0.05) is 17.1 Å². The number of nitrogens with two attached hydrogens (primary N) is 1. The maximum atomic E-state index is 13.5. The van der Waals surface area contributed by atoms with Crippen molar-refractivity contribution < 1.29 is 9.59 Å². The van der Waals surface area contributed by atoms with Crippen molar-refractivity contribution in [1.82, 2.24) is 0 Å². The number of rotatable bonds is 4. The van der Waals surface area contributed by atoms with Crippen LogP contribution in [0.1, 0.15) is 77.0 Å². The third kappa shape index (κ3) is 3.32. The number of nitrogens with one attached hydrogen (secondary N) is 2. The molecule has 8 saturated carbocycles. The van der Waals surface area contributed by atoms with Crippen LogP contribution in [-0.4, -0.2) is 11.8 Å². The Hall–Kier alpha value is -2.04. The molecular formula is C28H37N3O2. The Morgan fingerprint density at radius 2 is 0.909 bits per heavy atom. The summed E-state index contributed by atoms with van der Waals surface area (Å²) in [5.41, 5.74) is 7.86. The van der Waals surface area contributed by atoms with Crippen molar-refractivity contribution in [2.45, 2.75) is 77.0 Å². The molecule has 33 heavy (non-hydrogen) atoms. The number of benzene rings is 1. The smallest absolute Gasteiger partial charge is 0.230 e. The SMILES string of the molecule is Nc1cc(NC(=O)C23CC4CC(CC(C4)C2)C3)cc(NC(=O)C23CC4CC(CC(C4)C2)C3)c1. The fourth-order valence-electron chi connectivity index (χ4n) is 10.1. The summed E-state index contributed by atoms with van der Waals surface area (Å²) in [6, 6.07) is 5.57. The molecule has 9 rings (SSSR count). The summed E-state index contributed by atoms with van der Waals surface area (Å²) in [5.74, 6) is 4.75. The molecule has 8 aliphatic carbocycles. The van der Waals surface area contributed by atoms with Gasteiger partial charge in [0.15, 0.2) is 0 Å². The average Bonchev–Trinajstić information content (AvgIpc) is 2.71. The van der Waals surface area contributed by atoms with Crippen LogP contribution in [0.2, 0.25) is 0 Å². The Morgan fingerprint density at radius 1 is 0.606 bits per heavy atom. The zero-order valence-corrected chi connectivity index (χ0v) is 19.6. The van der Waals surface area contributed by atoms with Gasteiger partial charge >= 0.3 is 0 Å². The maximum Gasteiger partial charge on any atom is 0.230 e. The highest BCUT2D eigenvalue weighted by atomic mass is 16.2. The second-order valence-electron chi connectivity index (χ2n) is 13.1. The van der Waals surface area contributed by atoms with Gasteiger partial charge < -0.3 is 16.4 Å². The molecule has 5 nitrogen and oxygen atoms in total. The van der Waals surface area contributed by atoms with Crippen LogP contribution in [0.25, 0.3) is 0 Å². The van der Waals surface area contributed by atoms with Crippen molar-refractivity contribution in [2.24, 2.45) is 46.3 Å². The molecule has 2 amide bonds. The Labute approximate surface area is 196 Å². The van der Waals surface area contributed by atoms with Crippen molar-refractivity contribution in [1.29, 1.82) is 0 Å². The summed E-state index contributed by atoms with van der Waals surface area (Å²) in [7, 11) is 0. The second-order valence-corrected chi connectivity index (χ2v) is 13.1. The van der Waals surface area contributed by atoms with E-state index < -0.39 is 0 Å². The van der Waals surface area contributed by atoms with Crippen LogP contribution < -0.4 is 16.4 Å². The first-order chi connectivity index (χ1) is 15.9. The van der Waals surface area contributed by atoms with E-state index in [-0.39, 0.29) is 22.6 Å². The van der Waals surface area contributed by atoms with Crippen LogP contribution in [0.3, 0.4) is 0 Å². The molecule has 0 heterocycles. The van der Waals surface area contributed by atoms with Gasteiger partial charge in [0.25, 0.3) is 0 Å². The standard InChI is InChI=1S/C28H37N3O2/c29-22-7-23(30-25(32)27-10-16-1-17(11-27)3-18(2-16)12-27)9-24(8-22)31-26(33)28-13-19-4-20(14-28)6-21(5-19)15-28/h7-9,16-21H,1-6,10-15,29H2,(H,30,32)(H,31,33). The number of anilines is 3. The van der Waals surface area contributed by atoms with E-state index in [0.717, 1.165) is 85.4 Å². The largest absolute Gasteiger partial charge is 0.399 e. The van der Waals surface area contributed by atoms with Gasteiger partial charge in [0.2, 0.25) is 11.8 Å². The third-order valence-corrected chi connectivity index (χ3v) is 10.5.